The van der Waals surface area contributed by atoms with Gasteiger partial charge in [-0.3, -0.25) is 0 Å². The Kier molecular flexibility index (Phi) is 7.02. The molecule has 120 valence electrons. The molecule has 0 unspecified atom stereocenters. The maximum atomic E-state index is 14.3. The van der Waals surface area contributed by atoms with E-state index < -0.39 is 20.7 Å². The van der Waals surface area contributed by atoms with Crippen LogP contribution in [0.25, 0.3) is 0 Å². The van der Waals surface area contributed by atoms with Crippen LogP contribution in [0, 0.1) is 5.82 Å². The average Bonchev–Trinajstić information content (AvgIpc) is 2.38. The fourth-order valence-corrected chi connectivity index (χ4v) is 3.15. The van der Waals surface area contributed by atoms with Crippen LogP contribution in [-0.4, -0.2) is 47.0 Å². The summed E-state index contributed by atoms with van der Waals surface area (Å²) in [6, 6.07) is 2.56. The lowest BCUT2D eigenvalue weighted by molar-refractivity contribution is 0.412. The monoisotopic (exact) mass is 337 g/mol. The molecule has 2 N–H and O–H groups in total. The first kappa shape index (κ1) is 18.3. The number of rotatable bonds is 8. The lowest BCUT2D eigenvalue weighted by Gasteiger charge is -2.13. The summed E-state index contributed by atoms with van der Waals surface area (Å²) in [5, 5.41) is 3.14. The molecule has 0 amide bonds. The Morgan fingerprint density at radius 3 is 2.57 bits per heavy atom. The molecule has 1 aromatic rings. The van der Waals surface area contributed by atoms with Crippen LogP contribution in [0.5, 0.6) is 0 Å². The summed E-state index contributed by atoms with van der Waals surface area (Å²) in [6.45, 7) is 3.47. The fourth-order valence-electron chi connectivity index (χ4n) is 1.68. The van der Waals surface area contributed by atoms with E-state index in [0.717, 1.165) is 6.07 Å². The molecular formula is C13H21ClFN3O2S. The maximum Gasteiger partial charge on any atom is 0.243 e. The van der Waals surface area contributed by atoms with Gasteiger partial charge in [-0.25, -0.2) is 17.5 Å². The summed E-state index contributed by atoms with van der Waals surface area (Å²) >= 11 is 5.90. The Labute approximate surface area is 130 Å². The second kappa shape index (κ2) is 8.05. The molecule has 8 heteroatoms. The number of hydrogen-bond acceptors (Lipinski definition) is 4. The molecule has 1 rings (SSSR count). The second-order valence-corrected chi connectivity index (χ2v) is 7.03. The highest BCUT2D eigenvalue weighted by molar-refractivity contribution is 7.89. The summed E-state index contributed by atoms with van der Waals surface area (Å²) < 4.78 is 41.0. The third-order valence-corrected chi connectivity index (χ3v) is 4.46. The second-order valence-electron chi connectivity index (χ2n) is 4.86. The molecule has 0 saturated heterocycles. The Morgan fingerprint density at radius 1 is 1.33 bits per heavy atom. The van der Waals surface area contributed by atoms with Crippen LogP contribution in [0.1, 0.15) is 12.5 Å². The van der Waals surface area contributed by atoms with E-state index in [1.54, 1.807) is 0 Å². The van der Waals surface area contributed by atoms with E-state index >= 15 is 0 Å². The molecule has 0 heterocycles. The minimum Gasteiger partial charge on any atom is -0.313 e. The van der Waals surface area contributed by atoms with Crippen molar-refractivity contribution in [3.8, 4) is 0 Å². The first-order valence-corrected chi connectivity index (χ1v) is 8.47. The molecule has 0 spiro atoms. The van der Waals surface area contributed by atoms with Gasteiger partial charge in [0.1, 0.15) is 10.7 Å². The minimum atomic E-state index is -3.92. The third kappa shape index (κ3) is 5.52. The van der Waals surface area contributed by atoms with Crippen LogP contribution in [-0.2, 0) is 16.6 Å². The zero-order chi connectivity index (χ0) is 16.0. The van der Waals surface area contributed by atoms with E-state index in [2.05, 4.69) is 10.0 Å². The van der Waals surface area contributed by atoms with Crippen LogP contribution < -0.4 is 10.0 Å². The zero-order valence-electron chi connectivity index (χ0n) is 12.4. The predicted octanol–water partition coefficient (Wildman–Crippen LogP) is 1.43. The number of likely N-dealkylation sites (N-methyl/N-ethyl adjacent to an activating group) is 1. The van der Waals surface area contributed by atoms with Crippen LogP contribution in [0.2, 0.25) is 5.02 Å². The zero-order valence-corrected chi connectivity index (χ0v) is 14.0. The first-order valence-electron chi connectivity index (χ1n) is 6.61. The van der Waals surface area contributed by atoms with Gasteiger partial charge >= 0.3 is 0 Å². The molecule has 0 fully saturated rings. The van der Waals surface area contributed by atoms with Crippen molar-refractivity contribution in [3.05, 3.63) is 28.5 Å². The van der Waals surface area contributed by atoms with Crippen molar-refractivity contribution in [2.45, 2.75) is 18.4 Å². The lowest BCUT2D eigenvalue weighted by Crippen LogP contribution is -2.32. The van der Waals surface area contributed by atoms with Gasteiger partial charge in [0.05, 0.1) is 0 Å². The molecule has 1 aromatic carbocycles. The highest BCUT2D eigenvalue weighted by Crippen LogP contribution is 2.23. The first-order chi connectivity index (χ1) is 9.77. The Balaban J connectivity index is 3.02. The van der Waals surface area contributed by atoms with E-state index in [-0.39, 0.29) is 23.7 Å². The number of sulfonamides is 1. The predicted molar refractivity (Wildman–Crippen MR) is 82.5 cm³/mol. The number of hydrogen-bond donors (Lipinski definition) is 2. The SMILES string of the molecule is CCNCc1cc(Cl)cc(S(=O)(=O)NCCN(C)C)c1F. The van der Waals surface area contributed by atoms with Gasteiger partial charge < -0.3 is 10.2 Å². The van der Waals surface area contributed by atoms with Crippen molar-refractivity contribution >= 4 is 21.6 Å². The largest absolute Gasteiger partial charge is 0.313 e. The molecule has 0 aliphatic rings. The molecule has 0 bridgehead atoms. The molecule has 0 aliphatic heterocycles. The van der Waals surface area contributed by atoms with Crippen LogP contribution >= 0.6 is 11.6 Å². The highest BCUT2D eigenvalue weighted by Gasteiger charge is 2.22. The molecule has 0 saturated carbocycles. The number of nitrogens with zero attached hydrogens (tertiary/aromatic N) is 1. The standard InChI is InChI=1S/C13H21ClFN3O2S/c1-4-16-9-10-7-11(14)8-12(13(10)15)21(19,20)17-5-6-18(2)3/h7-8,16-17H,4-6,9H2,1-3H3. The van der Waals surface area contributed by atoms with Crippen molar-refractivity contribution in [2.24, 2.45) is 0 Å². The van der Waals surface area contributed by atoms with Crippen molar-refractivity contribution < 1.29 is 12.8 Å². The molecule has 0 aromatic heterocycles. The van der Waals surface area contributed by atoms with E-state index in [4.69, 9.17) is 11.6 Å². The van der Waals surface area contributed by atoms with Gasteiger partial charge in [-0.15, -0.1) is 0 Å². The van der Waals surface area contributed by atoms with Crippen molar-refractivity contribution in [2.75, 3.05) is 33.7 Å². The smallest absolute Gasteiger partial charge is 0.243 e. The molecule has 0 aliphatic carbocycles. The minimum absolute atomic E-state index is 0.192. The van der Waals surface area contributed by atoms with Gasteiger partial charge in [0.15, 0.2) is 0 Å². The van der Waals surface area contributed by atoms with Crippen molar-refractivity contribution in [1.82, 2.24) is 14.9 Å². The topological polar surface area (TPSA) is 61.4 Å². The van der Waals surface area contributed by atoms with Gasteiger partial charge in [-0.05, 0) is 32.8 Å². The Morgan fingerprint density at radius 2 is 2.00 bits per heavy atom. The van der Waals surface area contributed by atoms with Gasteiger partial charge in [-0.2, -0.15) is 0 Å². The summed E-state index contributed by atoms with van der Waals surface area (Å²) in [7, 11) is -0.276. The highest BCUT2D eigenvalue weighted by atomic mass is 35.5. The fraction of sp³-hybridized carbons (Fsp3) is 0.538. The quantitative estimate of drug-likeness (QED) is 0.753. The Bertz CT molecular complexity index is 579. The summed E-state index contributed by atoms with van der Waals surface area (Å²) in [5.41, 5.74) is 0.234. The van der Waals surface area contributed by atoms with Crippen LogP contribution in [0.4, 0.5) is 4.39 Å². The molecule has 0 radical (unpaired) electrons. The number of benzene rings is 1. The van der Waals surface area contributed by atoms with Crippen LogP contribution in [0.15, 0.2) is 17.0 Å². The molecule has 21 heavy (non-hydrogen) atoms. The third-order valence-electron chi connectivity index (χ3n) is 2.79. The number of halogens is 2. The molecular weight excluding hydrogens is 317 g/mol. The lowest BCUT2D eigenvalue weighted by atomic mass is 10.2. The summed E-state index contributed by atoms with van der Waals surface area (Å²) in [5.74, 6) is -0.766. The number of nitrogens with one attached hydrogen (secondary N) is 2. The maximum absolute atomic E-state index is 14.3. The van der Waals surface area contributed by atoms with Gasteiger partial charge in [0, 0.05) is 30.2 Å². The average molecular weight is 338 g/mol. The normalized spacial score (nSPS) is 12.1. The van der Waals surface area contributed by atoms with Gasteiger partial charge in [0.25, 0.3) is 0 Å². The Hall–Kier alpha value is -0.730. The van der Waals surface area contributed by atoms with E-state index in [1.165, 1.54) is 6.07 Å². The van der Waals surface area contributed by atoms with E-state index in [0.29, 0.717) is 13.1 Å². The summed E-state index contributed by atoms with van der Waals surface area (Å²) in [6.07, 6.45) is 0. The summed E-state index contributed by atoms with van der Waals surface area (Å²) in [4.78, 5) is 1.41. The van der Waals surface area contributed by atoms with E-state index in [9.17, 15) is 12.8 Å². The van der Waals surface area contributed by atoms with Gasteiger partial charge in [0.2, 0.25) is 10.0 Å². The van der Waals surface area contributed by atoms with Gasteiger partial charge in [-0.1, -0.05) is 18.5 Å². The van der Waals surface area contributed by atoms with Crippen molar-refractivity contribution in [1.29, 1.82) is 0 Å². The van der Waals surface area contributed by atoms with Crippen molar-refractivity contribution in [3.63, 3.8) is 0 Å². The van der Waals surface area contributed by atoms with Crippen LogP contribution in [0.3, 0.4) is 0 Å². The molecule has 5 nitrogen and oxygen atoms in total. The molecule has 0 atom stereocenters. The van der Waals surface area contributed by atoms with E-state index in [1.807, 2.05) is 25.9 Å².